The van der Waals surface area contributed by atoms with Crippen molar-refractivity contribution >= 4 is 28.9 Å². The maximum Gasteiger partial charge on any atom is 0.252 e. The summed E-state index contributed by atoms with van der Waals surface area (Å²) < 4.78 is 0. The second kappa shape index (κ2) is 4.82. The fourth-order valence-corrected chi connectivity index (χ4v) is 2.47. The van der Waals surface area contributed by atoms with Gasteiger partial charge in [0, 0.05) is 5.56 Å². The number of nitrogens with one attached hydrogen (secondary N) is 1. The number of para-hydroxylation sites is 1. The second-order valence-electron chi connectivity index (χ2n) is 4.27. The zero-order valence-corrected chi connectivity index (χ0v) is 11.0. The van der Waals surface area contributed by atoms with Crippen LogP contribution in [0.4, 0.5) is 5.69 Å². The maximum atomic E-state index is 11.9. The molecule has 3 nitrogen and oxygen atoms in total. The van der Waals surface area contributed by atoms with Gasteiger partial charge in [-0.05, 0) is 23.8 Å². The average molecular weight is 268 g/mol. The summed E-state index contributed by atoms with van der Waals surface area (Å²) in [7, 11) is 0. The minimum Gasteiger partial charge on any atom is -0.353 e. The summed E-state index contributed by atoms with van der Waals surface area (Å²) in [6.45, 7) is 0.266. The van der Waals surface area contributed by atoms with Crippen LogP contribution < -0.4 is 10.2 Å². The molecule has 0 aliphatic carbocycles. The molecule has 1 aliphatic rings. The van der Waals surface area contributed by atoms with Gasteiger partial charge < -0.3 is 5.32 Å². The Kier molecular flexibility index (Phi) is 3.01. The maximum absolute atomic E-state index is 11.9. The lowest BCUT2D eigenvalue weighted by Gasteiger charge is -2.18. The first-order chi connectivity index (χ1) is 9.27. The fourth-order valence-electron chi connectivity index (χ4n) is 2.20. The highest BCUT2D eigenvalue weighted by molar-refractivity contribution is 7.80. The molecule has 0 aromatic heterocycles. The lowest BCUT2D eigenvalue weighted by atomic mass is 10.0. The number of carbonyl (C=O) groups excluding carboxylic acids is 1. The molecule has 1 aliphatic heterocycles. The van der Waals surface area contributed by atoms with E-state index in [1.54, 1.807) is 4.90 Å². The van der Waals surface area contributed by atoms with Crippen LogP contribution in [-0.2, 0) is 4.79 Å². The number of thiocarbonyl (C=S) groups is 1. The number of carbonyl (C=O) groups is 1. The van der Waals surface area contributed by atoms with E-state index in [0.29, 0.717) is 5.11 Å². The zero-order valence-electron chi connectivity index (χ0n) is 10.2. The summed E-state index contributed by atoms with van der Waals surface area (Å²) in [6.07, 6.45) is 0. The van der Waals surface area contributed by atoms with Crippen LogP contribution in [0.15, 0.2) is 54.6 Å². The summed E-state index contributed by atoms with van der Waals surface area (Å²) in [6, 6.07) is 17.8. The van der Waals surface area contributed by atoms with E-state index < -0.39 is 0 Å². The molecular formula is C15H12N2OS. The van der Waals surface area contributed by atoms with E-state index in [9.17, 15) is 4.79 Å². The number of rotatable bonds is 2. The topological polar surface area (TPSA) is 32.3 Å². The molecule has 1 saturated heterocycles. The van der Waals surface area contributed by atoms with Gasteiger partial charge in [0.15, 0.2) is 5.11 Å². The van der Waals surface area contributed by atoms with E-state index in [1.807, 2.05) is 54.6 Å². The molecule has 0 unspecified atom stereocenters. The third-order valence-electron chi connectivity index (χ3n) is 3.07. The molecular weight excluding hydrogens is 256 g/mol. The first-order valence-corrected chi connectivity index (χ1v) is 6.43. The van der Waals surface area contributed by atoms with Crippen molar-refractivity contribution in [3.63, 3.8) is 0 Å². The largest absolute Gasteiger partial charge is 0.353 e. The highest BCUT2D eigenvalue weighted by Gasteiger charge is 2.28. The second-order valence-corrected chi connectivity index (χ2v) is 4.66. The zero-order chi connectivity index (χ0) is 13.2. The molecule has 1 heterocycles. The van der Waals surface area contributed by atoms with E-state index in [4.69, 9.17) is 12.2 Å². The normalized spacial score (nSPS) is 14.6. The van der Waals surface area contributed by atoms with Gasteiger partial charge in [-0.1, -0.05) is 48.5 Å². The van der Waals surface area contributed by atoms with E-state index in [2.05, 4.69) is 5.32 Å². The molecule has 4 heteroatoms. The standard InChI is InChI=1S/C15H12N2OS/c18-14-10-16-15(19)17(14)13-9-5-4-8-12(13)11-6-2-1-3-7-11/h1-9H,10H2,(H,16,19). The van der Waals surface area contributed by atoms with Crippen LogP contribution in [0.25, 0.3) is 11.1 Å². The number of anilines is 1. The first-order valence-electron chi connectivity index (χ1n) is 6.02. The predicted molar refractivity (Wildman–Crippen MR) is 80.0 cm³/mol. The van der Waals surface area contributed by atoms with Gasteiger partial charge in [0.2, 0.25) is 0 Å². The molecule has 0 atom stereocenters. The van der Waals surface area contributed by atoms with Crippen molar-refractivity contribution in [2.75, 3.05) is 11.4 Å². The van der Waals surface area contributed by atoms with Gasteiger partial charge in [0.1, 0.15) is 0 Å². The monoisotopic (exact) mass is 268 g/mol. The summed E-state index contributed by atoms with van der Waals surface area (Å²) in [4.78, 5) is 13.5. The van der Waals surface area contributed by atoms with Crippen molar-refractivity contribution in [1.29, 1.82) is 0 Å². The van der Waals surface area contributed by atoms with Crippen molar-refractivity contribution in [3.8, 4) is 11.1 Å². The van der Waals surface area contributed by atoms with E-state index in [-0.39, 0.29) is 12.5 Å². The molecule has 0 radical (unpaired) electrons. The Hall–Kier alpha value is -2.20. The lowest BCUT2D eigenvalue weighted by molar-refractivity contribution is -0.115. The highest BCUT2D eigenvalue weighted by atomic mass is 32.1. The number of amides is 1. The summed E-state index contributed by atoms with van der Waals surface area (Å²) in [5, 5.41) is 3.37. The molecule has 0 bridgehead atoms. The Labute approximate surface area is 116 Å². The molecule has 1 N–H and O–H groups in total. The molecule has 0 spiro atoms. The smallest absolute Gasteiger partial charge is 0.252 e. The molecule has 2 aromatic carbocycles. The van der Waals surface area contributed by atoms with Gasteiger partial charge in [-0.2, -0.15) is 0 Å². The van der Waals surface area contributed by atoms with Crippen LogP contribution in [0.5, 0.6) is 0 Å². The van der Waals surface area contributed by atoms with Crippen LogP contribution >= 0.6 is 12.2 Å². The van der Waals surface area contributed by atoms with Gasteiger partial charge in [-0.25, -0.2) is 0 Å². The van der Waals surface area contributed by atoms with E-state index >= 15 is 0 Å². The third kappa shape index (κ3) is 2.11. The lowest BCUT2D eigenvalue weighted by Crippen LogP contribution is -2.30. The molecule has 94 valence electrons. The average Bonchev–Trinajstić information content (AvgIpc) is 2.79. The van der Waals surface area contributed by atoms with Crippen molar-refractivity contribution in [3.05, 3.63) is 54.6 Å². The van der Waals surface area contributed by atoms with Crippen molar-refractivity contribution in [1.82, 2.24) is 5.32 Å². The van der Waals surface area contributed by atoms with Gasteiger partial charge in [0.25, 0.3) is 5.91 Å². The van der Waals surface area contributed by atoms with Gasteiger partial charge >= 0.3 is 0 Å². The first kappa shape index (κ1) is 11.9. The molecule has 2 aromatic rings. The Morgan fingerprint density at radius 2 is 1.68 bits per heavy atom. The van der Waals surface area contributed by atoms with Gasteiger partial charge in [0.05, 0.1) is 12.2 Å². The quantitative estimate of drug-likeness (QED) is 0.850. The number of hydrogen-bond donors (Lipinski definition) is 1. The minimum absolute atomic E-state index is 0.0200. The molecule has 1 amide bonds. The Balaban J connectivity index is 2.13. The fraction of sp³-hybridized carbons (Fsp3) is 0.0667. The number of nitrogens with zero attached hydrogens (tertiary/aromatic N) is 1. The van der Waals surface area contributed by atoms with Crippen LogP contribution in [-0.4, -0.2) is 17.6 Å². The van der Waals surface area contributed by atoms with Crippen LogP contribution in [0.2, 0.25) is 0 Å². The van der Waals surface area contributed by atoms with Crippen LogP contribution in [0.1, 0.15) is 0 Å². The van der Waals surface area contributed by atoms with Crippen LogP contribution in [0, 0.1) is 0 Å². The molecule has 1 fully saturated rings. The SMILES string of the molecule is O=C1CNC(=S)N1c1ccccc1-c1ccccc1. The summed E-state index contributed by atoms with van der Waals surface area (Å²) >= 11 is 5.20. The Morgan fingerprint density at radius 3 is 2.37 bits per heavy atom. The van der Waals surface area contributed by atoms with Crippen molar-refractivity contribution in [2.45, 2.75) is 0 Å². The molecule has 19 heavy (non-hydrogen) atoms. The predicted octanol–water partition coefficient (Wildman–Crippen LogP) is 2.57. The van der Waals surface area contributed by atoms with Crippen molar-refractivity contribution in [2.24, 2.45) is 0 Å². The van der Waals surface area contributed by atoms with Gasteiger partial charge in [-0.15, -0.1) is 0 Å². The summed E-state index contributed by atoms with van der Waals surface area (Å²) in [5.74, 6) is -0.0200. The highest BCUT2D eigenvalue weighted by Crippen LogP contribution is 2.31. The molecule has 0 saturated carbocycles. The summed E-state index contributed by atoms with van der Waals surface area (Å²) in [5.41, 5.74) is 2.90. The Bertz CT molecular complexity index is 624. The van der Waals surface area contributed by atoms with E-state index in [0.717, 1.165) is 16.8 Å². The van der Waals surface area contributed by atoms with Gasteiger partial charge in [-0.3, -0.25) is 9.69 Å². The minimum atomic E-state index is -0.0200. The number of benzene rings is 2. The third-order valence-corrected chi connectivity index (χ3v) is 3.40. The van der Waals surface area contributed by atoms with Crippen molar-refractivity contribution < 1.29 is 4.79 Å². The number of hydrogen-bond acceptors (Lipinski definition) is 2. The Morgan fingerprint density at radius 1 is 1.00 bits per heavy atom. The molecule has 3 rings (SSSR count). The van der Waals surface area contributed by atoms with E-state index in [1.165, 1.54) is 0 Å². The van der Waals surface area contributed by atoms with Crippen LogP contribution in [0.3, 0.4) is 0 Å².